The summed E-state index contributed by atoms with van der Waals surface area (Å²) in [4.78, 5) is 8.78. The smallest absolute Gasteiger partial charge is 0.130 e. The maximum absolute atomic E-state index is 9.95. The van der Waals surface area contributed by atoms with Gasteiger partial charge in [0.05, 0.1) is 35.8 Å². The summed E-state index contributed by atoms with van der Waals surface area (Å²) < 4.78 is 7.83. The first-order chi connectivity index (χ1) is 16.2. The van der Waals surface area contributed by atoms with E-state index in [2.05, 4.69) is 21.1 Å². The summed E-state index contributed by atoms with van der Waals surface area (Å²) in [7, 11) is 0. The zero-order valence-electron chi connectivity index (χ0n) is 18.3. The lowest BCUT2D eigenvalue weighted by atomic mass is 10.0. The Morgan fingerprint density at radius 1 is 0.909 bits per heavy atom. The third kappa shape index (κ3) is 4.61. The highest BCUT2D eigenvalue weighted by atomic mass is 16.5. The molecule has 2 aromatic carbocycles. The number of para-hydroxylation sites is 1. The molecule has 6 nitrogen and oxygen atoms in total. The Labute approximate surface area is 192 Å². The van der Waals surface area contributed by atoms with Crippen LogP contribution in [0.4, 0.5) is 0 Å². The molecule has 1 unspecified atom stereocenters. The van der Waals surface area contributed by atoms with E-state index in [4.69, 9.17) is 4.74 Å². The van der Waals surface area contributed by atoms with E-state index in [1.165, 1.54) is 0 Å². The fourth-order valence-electron chi connectivity index (χ4n) is 3.88. The first-order valence-corrected chi connectivity index (χ1v) is 10.9. The lowest BCUT2D eigenvalue weighted by Gasteiger charge is -2.13. The molecule has 0 spiro atoms. The molecule has 0 saturated carbocycles. The normalized spacial score (nSPS) is 12.1. The fraction of sp³-hybridized carbons (Fsp3) is 0.148. The fourth-order valence-corrected chi connectivity index (χ4v) is 3.88. The van der Waals surface area contributed by atoms with Crippen LogP contribution in [0.25, 0.3) is 33.3 Å². The zero-order chi connectivity index (χ0) is 22.6. The number of aromatic nitrogens is 4. The van der Waals surface area contributed by atoms with Crippen LogP contribution >= 0.6 is 0 Å². The third-order valence-electron chi connectivity index (χ3n) is 5.44. The number of ether oxygens (including phenoxy) is 1. The molecule has 6 heteroatoms. The number of aliphatic hydroxyl groups is 1. The van der Waals surface area contributed by atoms with E-state index < -0.39 is 6.10 Å². The monoisotopic (exact) mass is 436 g/mol. The van der Waals surface area contributed by atoms with Gasteiger partial charge in [-0.25, -0.2) is 4.98 Å². The number of aliphatic hydroxyl groups excluding tert-OH is 1. The number of rotatable bonds is 7. The second kappa shape index (κ2) is 9.22. The Morgan fingerprint density at radius 2 is 1.70 bits per heavy atom. The molecule has 0 aliphatic heterocycles. The molecule has 3 heterocycles. The van der Waals surface area contributed by atoms with Gasteiger partial charge in [-0.15, -0.1) is 0 Å². The molecule has 0 amide bonds. The SMILES string of the molecule is CC(O)Cn1ncc(-c2ccncc2)c1-c1ccc(OCc2ccc3ccccc3n2)cc1. The Balaban J connectivity index is 1.39. The summed E-state index contributed by atoms with van der Waals surface area (Å²) in [5, 5.41) is 15.6. The molecule has 164 valence electrons. The summed E-state index contributed by atoms with van der Waals surface area (Å²) in [5.41, 5.74) is 5.81. The summed E-state index contributed by atoms with van der Waals surface area (Å²) in [6, 6.07) is 24.0. The maximum atomic E-state index is 9.95. The molecule has 0 bridgehead atoms. The zero-order valence-corrected chi connectivity index (χ0v) is 18.3. The van der Waals surface area contributed by atoms with E-state index in [9.17, 15) is 5.11 Å². The van der Waals surface area contributed by atoms with Crippen LogP contribution < -0.4 is 4.74 Å². The van der Waals surface area contributed by atoms with Gasteiger partial charge in [0.15, 0.2) is 0 Å². The largest absolute Gasteiger partial charge is 0.487 e. The van der Waals surface area contributed by atoms with Crippen LogP contribution in [-0.4, -0.2) is 31.0 Å². The highest BCUT2D eigenvalue weighted by Crippen LogP contribution is 2.33. The molecule has 0 fully saturated rings. The summed E-state index contributed by atoms with van der Waals surface area (Å²) in [5.74, 6) is 0.765. The predicted octanol–water partition coefficient (Wildman–Crippen LogP) is 5.12. The highest BCUT2D eigenvalue weighted by Gasteiger charge is 2.16. The van der Waals surface area contributed by atoms with Crippen molar-refractivity contribution in [3.05, 3.63) is 97.1 Å². The minimum atomic E-state index is -0.508. The van der Waals surface area contributed by atoms with Crippen molar-refractivity contribution in [1.29, 1.82) is 0 Å². The van der Waals surface area contributed by atoms with Crippen molar-refractivity contribution in [2.75, 3.05) is 0 Å². The number of hydrogen-bond acceptors (Lipinski definition) is 5. The number of benzene rings is 2. The van der Waals surface area contributed by atoms with Crippen LogP contribution in [-0.2, 0) is 13.2 Å². The lowest BCUT2D eigenvalue weighted by Crippen LogP contribution is -2.14. The van der Waals surface area contributed by atoms with Gasteiger partial charge in [0.2, 0.25) is 0 Å². The molecule has 5 aromatic rings. The Bertz CT molecular complexity index is 1360. The van der Waals surface area contributed by atoms with Gasteiger partial charge >= 0.3 is 0 Å². The Kier molecular flexibility index (Phi) is 5.83. The average Bonchev–Trinajstić information content (AvgIpc) is 3.26. The second-order valence-electron chi connectivity index (χ2n) is 7.98. The highest BCUT2D eigenvalue weighted by molar-refractivity contribution is 5.81. The molecule has 1 N–H and O–H groups in total. The third-order valence-corrected chi connectivity index (χ3v) is 5.44. The quantitative estimate of drug-likeness (QED) is 0.383. The minimum Gasteiger partial charge on any atom is -0.487 e. The summed E-state index contributed by atoms with van der Waals surface area (Å²) >= 11 is 0. The first kappa shape index (κ1) is 20.8. The molecule has 0 aliphatic carbocycles. The molecule has 33 heavy (non-hydrogen) atoms. The molecular weight excluding hydrogens is 412 g/mol. The molecule has 0 aliphatic rings. The van der Waals surface area contributed by atoms with Crippen LogP contribution in [0.15, 0.2) is 91.4 Å². The van der Waals surface area contributed by atoms with Gasteiger partial charge in [-0.05, 0) is 61.0 Å². The van der Waals surface area contributed by atoms with E-state index in [1.807, 2.05) is 77.6 Å². The molecule has 0 saturated heterocycles. The lowest BCUT2D eigenvalue weighted by molar-refractivity contribution is 0.169. The van der Waals surface area contributed by atoms with Crippen molar-refractivity contribution in [3.63, 3.8) is 0 Å². The Morgan fingerprint density at radius 3 is 2.48 bits per heavy atom. The first-order valence-electron chi connectivity index (χ1n) is 10.9. The van der Waals surface area contributed by atoms with Gasteiger partial charge in [0.25, 0.3) is 0 Å². The van der Waals surface area contributed by atoms with Crippen molar-refractivity contribution in [2.45, 2.75) is 26.2 Å². The minimum absolute atomic E-state index is 0.395. The topological polar surface area (TPSA) is 73.1 Å². The number of hydrogen-bond donors (Lipinski definition) is 1. The predicted molar refractivity (Wildman–Crippen MR) is 129 cm³/mol. The number of pyridine rings is 2. The van der Waals surface area contributed by atoms with Crippen LogP contribution in [0.5, 0.6) is 5.75 Å². The summed E-state index contributed by atoms with van der Waals surface area (Å²) in [6.45, 7) is 2.56. The summed E-state index contributed by atoms with van der Waals surface area (Å²) in [6.07, 6.45) is 4.86. The van der Waals surface area contributed by atoms with Crippen molar-refractivity contribution < 1.29 is 9.84 Å². The molecule has 1 atom stereocenters. The maximum Gasteiger partial charge on any atom is 0.130 e. The van der Waals surface area contributed by atoms with Gasteiger partial charge in [-0.1, -0.05) is 24.3 Å². The van der Waals surface area contributed by atoms with Gasteiger partial charge in [-0.3, -0.25) is 9.67 Å². The second-order valence-corrected chi connectivity index (χ2v) is 7.98. The van der Waals surface area contributed by atoms with Crippen molar-refractivity contribution in [3.8, 4) is 28.1 Å². The van der Waals surface area contributed by atoms with E-state index in [0.717, 1.165) is 44.7 Å². The van der Waals surface area contributed by atoms with Crippen LogP contribution in [0.2, 0.25) is 0 Å². The van der Waals surface area contributed by atoms with E-state index in [-0.39, 0.29) is 0 Å². The van der Waals surface area contributed by atoms with Crippen LogP contribution in [0.3, 0.4) is 0 Å². The van der Waals surface area contributed by atoms with E-state index in [1.54, 1.807) is 19.3 Å². The van der Waals surface area contributed by atoms with Gasteiger partial charge in [0.1, 0.15) is 12.4 Å². The van der Waals surface area contributed by atoms with Crippen LogP contribution in [0.1, 0.15) is 12.6 Å². The van der Waals surface area contributed by atoms with Gasteiger partial charge in [0, 0.05) is 28.9 Å². The molecule has 0 radical (unpaired) electrons. The average molecular weight is 437 g/mol. The number of fused-ring (bicyclic) bond motifs is 1. The molecule has 3 aromatic heterocycles. The van der Waals surface area contributed by atoms with Crippen molar-refractivity contribution in [1.82, 2.24) is 19.7 Å². The van der Waals surface area contributed by atoms with Gasteiger partial charge < -0.3 is 9.84 Å². The van der Waals surface area contributed by atoms with E-state index in [0.29, 0.717) is 13.2 Å². The van der Waals surface area contributed by atoms with Crippen molar-refractivity contribution >= 4 is 10.9 Å². The number of nitrogens with zero attached hydrogens (tertiary/aromatic N) is 4. The van der Waals surface area contributed by atoms with Gasteiger partial charge in [-0.2, -0.15) is 5.10 Å². The Hall–Kier alpha value is -4.03. The molecular formula is C27H24N4O2. The standard InChI is InChI=1S/C27H24N4O2/c1-19(32)17-31-27(25(16-29-31)20-12-14-28-15-13-20)22-7-10-24(11-8-22)33-18-23-9-6-21-4-2-3-5-26(21)30-23/h2-16,19,32H,17-18H2,1H3. The van der Waals surface area contributed by atoms with Crippen molar-refractivity contribution in [2.24, 2.45) is 0 Å². The van der Waals surface area contributed by atoms with E-state index >= 15 is 0 Å². The van der Waals surface area contributed by atoms with Crippen LogP contribution in [0, 0.1) is 0 Å². The molecule has 5 rings (SSSR count).